The van der Waals surface area contributed by atoms with Crippen LogP contribution in [0, 0.1) is 5.82 Å². The second kappa shape index (κ2) is 6.16. The lowest BCUT2D eigenvalue weighted by Gasteiger charge is -2.24. The fourth-order valence-electron chi connectivity index (χ4n) is 1.23. The highest BCUT2D eigenvalue weighted by atomic mass is 35.5. The molecule has 0 saturated carbocycles. The van der Waals surface area contributed by atoms with E-state index in [-0.39, 0.29) is 23.7 Å². The molecule has 0 saturated heterocycles. The number of nitrogens with one attached hydrogen (secondary N) is 2. The highest BCUT2D eigenvalue weighted by Crippen LogP contribution is 2.18. The summed E-state index contributed by atoms with van der Waals surface area (Å²) >= 11 is 5.63. The number of hydrogen-bond acceptors (Lipinski definition) is 2. The van der Waals surface area contributed by atoms with Crippen LogP contribution in [0.3, 0.4) is 0 Å². The summed E-state index contributed by atoms with van der Waals surface area (Å²) in [6.07, 6.45) is 0.898. The molecule has 0 radical (unpaired) electrons. The van der Waals surface area contributed by atoms with Gasteiger partial charge in [0.15, 0.2) is 0 Å². The van der Waals surface area contributed by atoms with Crippen LogP contribution < -0.4 is 10.6 Å². The van der Waals surface area contributed by atoms with Gasteiger partial charge in [-0.3, -0.25) is 4.79 Å². The summed E-state index contributed by atoms with van der Waals surface area (Å²) in [7, 11) is 0. The Morgan fingerprint density at radius 2 is 2.11 bits per heavy atom. The monoisotopic (exact) mass is 272 g/mol. The fraction of sp³-hybridized carbons (Fsp3) is 0.462. The zero-order chi connectivity index (χ0) is 13.8. The molecule has 0 fully saturated rings. The van der Waals surface area contributed by atoms with Gasteiger partial charge >= 0.3 is 0 Å². The van der Waals surface area contributed by atoms with E-state index in [2.05, 4.69) is 10.6 Å². The van der Waals surface area contributed by atoms with E-state index in [0.29, 0.717) is 5.02 Å². The molecule has 1 aromatic rings. The molecule has 5 heteroatoms. The molecule has 0 unspecified atom stereocenters. The molecule has 1 rings (SSSR count). The van der Waals surface area contributed by atoms with Gasteiger partial charge in [0, 0.05) is 10.6 Å². The lowest BCUT2D eigenvalue weighted by molar-refractivity contribution is -0.115. The number of amides is 1. The van der Waals surface area contributed by atoms with E-state index in [1.54, 1.807) is 0 Å². The van der Waals surface area contributed by atoms with Gasteiger partial charge in [-0.25, -0.2) is 4.39 Å². The van der Waals surface area contributed by atoms with E-state index in [1.807, 2.05) is 20.8 Å². The lowest BCUT2D eigenvalue weighted by atomic mass is 10.0. The number of anilines is 1. The molecule has 0 aliphatic rings. The van der Waals surface area contributed by atoms with E-state index in [4.69, 9.17) is 11.6 Å². The van der Waals surface area contributed by atoms with E-state index in [9.17, 15) is 9.18 Å². The van der Waals surface area contributed by atoms with Crippen molar-refractivity contribution in [3.8, 4) is 0 Å². The fourth-order valence-corrected chi connectivity index (χ4v) is 1.39. The van der Waals surface area contributed by atoms with Crippen LogP contribution in [-0.2, 0) is 4.79 Å². The zero-order valence-electron chi connectivity index (χ0n) is 10.8. The zero-order valence-corrected chi connectivity index (χ0v) is 11.6. The summed E-state index contributed by atoms with van der Waals surface area (Å²) in [6.45, 7) is 6.18. The molecule has 18 heavy (non-hydrogen) atoms. The van der Waals surface area contributed by atoms with Gasteiger partial charge in [-0.2, -0.15) is 0 Å². The maximum Gasteiger partial charge on any atom is 0.238 e. The van der Waals surface area contributed by atoms with Crippen LogP contribution in [-0.4, -0.2) is 18.0 Å². The molecular formula is C13H18ClFN2O. The first-order valence-corrected chi connectivity index (χ1v) is 6.22. The minimum Gasteiger partial charge on any atom is -0.322 e. The number of hydrogen-bond donors (Lipinski definition) is 2. The Hall–Kier alpha value is -1.13. The topological polar surface area (TPSA) is 41.1 Å². The van der Waals surface area contributed by atoms with Gasteiger partial charge in [0.05, 0.1) is 12.2 Å². The summed E-state index contributed by atoms with van der Waals surface area (Å²) in [5.41, 5.74) is 0.0242. The van der Waals surface area contributed by atoms with Gasteiger partial charge in [-0.05, 0) is 38.5 Å². The average molecular weight is 273 g/mol. The molecule has 0 atom stereocenters. The maximum absolute atomic E-state index is 13.4. The molecule has 0 aromatic heterocycles. The number of carbonyl (C=O) groups excluding carboxylic acids is 1. The number of benzene rings is 1. The number of carbonyl (C=O) groups is 1. The molecule has 1 aromatic carbocycles. The predicted molar refractivity (Wildman–Crippen MR) is 72.4 cm³/mol. The second-order valence-electron chi connectivity index (χ2n) is 4.76. The Bertz CT molecular complexity index is 435. The first-order valence-electron chi connectivity index (χ1n) is 5.84. The van der Waals surface area contributed by atoms with Crippen LogP contribution in [0.15, 0.2) is 18.2 Å². The highest BCUT2D eigenvalue weighted by Gasteiger charge is 2.16. The van der Waals surface area contributed by atoms with Crippen LogP contribution in [0.1, 0.15) is 27.2 Å². The van der Waals surface area contributed by atoms with Crippen molar-refractivity contribution in [3.63, 3.8) is 0 Å². The van der Waals surface area contributed by atoms with Crippen LogP contribution in [0.2, 0.25) is 5.02 Å². The summed E-state index contributed by atoms with van der Waals surface area (Å²) < 4.78 is 13.4. The minimum atomic E-state index is -0.536. The average Bonchev–Trinajstić information content (AvgIpc) is 2.30. The molecule has 0 spiro atoms. The summed E-state index contributed by atoms with van der Waals surface area (Å²) in [5, 5.41) is 5.90. The Labute approximate surface area is 112 Å². The van der Waals surface area contributed by atoms with Gasteiger partial charge in [-0.15, -0.1) is 0 Å². The van der Waals surface area contributed by atoms with Crippen molar-refractivity contribution in [2.75, 3.05) is 11.9 Å². The molecule has 1 amide bonds. The molecule has 2 N–H and O–H groups in total. The predicted octanol–water partition coefficient (Wildman–Crippen LogP) is 3.20. The van der Waals surface area contributed by atoms with E-state index in [0.717, 1.165) is 6.42 Å². The first-order chi connectivity index (χ1) is 8.34. The smallest absolute Gasteiger partial charge is 0.238 e. The third-order valence-corrected chi connectivity index (χ3v) is 3.05. The second-order valence-corrected chi connectivity index (χ2v) is 5.20. The normalized spacial score (nSPS) is 11.4. The van der Waals surface area contributed by atoms with Crippen molar-refractivity contribution in [2.45, 2.75) is 32.7 Å². The largest absolute Gasteiger partial charge is 0.322 e. The van der Waals surface area contributed by atoms with Crippen molar-refractivity contribution in [1.82, 2.24) is 5.32 Å². The van der Waals surface area contributed by atoms with Gasteiger partial charge < -0.3 is 10.6 Å². The minimum absolute atomic E-state index is 0.115. The molecule has 3 nitrogen and oxygen atoms in total. The first kappa shape index (κ1) is 14.9. The molecule has 0 aliphatic carbocycles. The van der Waals surface area contributed by atoms with Gasteiger partial charge in [0.2, 0.25) is 5.91 Å². The lowest BCUT2D eigenvalue weighted by Crippen LogP contribution is -2.43. The SMILES string of the molecule is CCC(C)(C)NCC(=O)Nc1ccc(Cl)cc1F. The number of rotatable bonds is 5. The van der Waals surface area contributed by atoms with Crippen molar-refractivity contribution < 1.29 is 9.18 Å². The van der Waals surface area contributed by atoms with Gasteiger partial charge in [0.1, 0.15) is 5.82 Å². The maximum atomic E-state index is 13.4. The van der Waals surface area contributed by atoms with Crippen molar-refractivity contribution >= 4 is 23.2 Å². The van der Waals surface area contributed by atoms with Crippen LogP contribution >= 0.6 is 11.6 Å². The molecule has 0 aliphatic heterocycles. The Morgan fingerprint density at radius 3 is 2.67 bits per heavy atom. The molecule has 0 heterocycles. The van der Waals surface area contributed by atoms with Crippen LogP contribution in [0.4, 0.5) is 10.1 Å². The van der Waals surface area contributed by atoms with E-state index < -0.39 is 5.82 Å². The molecular weight excluding hydrogens is 255 g/mol. The highest BCUT2D eigenvalue weighted by molar-refractivity contribution is 6.30. The number of halogens is 2. The summed E-state index contributed by atoms with van der Waals surface area (Å²) in [5.74, 6) is -0.816. The standard InChI is InChI=1S/C13H18ClFN2O/c1-4-13(2,3)16-8-12(18)17-11-6-5-9(14)7-10(11)15/h5-7,16H,4,8H2,1-3H3,(H,17,18). The van der Waals surface area contributed by atoms with Gasteiger partial charge in [-0.1, -0.05) is 18.5 Å². The van der Waals surface area contributed by atoms with Crippen molar-refractivity contribution in [1.29, 1.82) is 0 Å². The van der Waals surface area contributed by atoms with E-state index >= 15 is 0 Å². The third kappa shape index (κ3) is 4.63. The van der Waals surface area contributed by atoms with Crippen molar-refractivity contribution in [3.05, 3.63) is 29.0 Å². The molecule has 100 valence electrons. The Balaban J connectivity index is 2.55. The Morgan fingerprint density at radius 1 is 1.44 bits per heavy atom. The summed E-state index contributed by atoms with van der Waals surface area (Å²) in [4.78, 5) is 11.6. The third-order valence-electron chi connectivity index (χ3n) is 2.82. The van der Waals surface area contributed by atoms with Crippen molar-refractivity contribution in [2.24, 2.45) is 0 Å². The van der Waals surface area contributed by atoms with Crippen LogP contribution in [0.25, 0.3) is 0 Å². The Kier molecular flexibility index (Phi) is 5.11. The summed E-state index contributed by atoms with van der Waals surface area (Å²) in [6, 6.07) is 4.14. The van der Waals surface area contributed by atoms with E-state index in [1.165, 1.54) is 18.2 Å². The van der Waals surface area contributed by atoms with Crippen LogP contribution in [0.5, 0.6) is 0 Å². The van der Waals surface area contributed by atoms with Gasteiger partial charge in [0.25, 0.3) is 0 Å². The molecule has 0 bridgehead atoms. The quantitative estimate of drug-likeness (QED) is 0.864.